The maximum atomic E-state index is 11.2. The SMILES string of the molecule is CCOC(=O)C(N)CCSC1CCS(=O)(=O)C1. The average molecular weight is 281 g/mol. The highest BCUT2D eigenvalue weighted by Gasteiger charge is 2.28. The van der Waals surface area contributed by atoms with Crippen LogP contribution in [0.15, 0.2) is 0 Å². The topological polar surface area (TPSA) is 86.5 Å². The second-order valence-electron chi connectivity index (χ2n) is 4.04. The summed E-state index contributed by atoms with van der Waals surface area (Å²) in [6.07, 6.45) is 1.24. The minimum absolute atomic E-state index is 0.161. The van der Waals surface area contributed by atoms with Crippen LogP contribution in [0.25, 0.3) is 0 Å². The highest BCUT2D eigenvalue weighted by molar-refractivity contribution is 8.01. The minimum atomic E-state index is -2.81. The van der Waals surface area contributed by atoms with Crippen LogP contribution >= 0.6 is 11.8 Å². The molecular formula is C10H19NO4S2. The number of hydrogen-bond donors (Lipinski definition) is 1. The number of thioether (sulfide) groups is 1. The van der Waals surface area contributed by atoms with Gasteiger partial charge < -0.3 is 10.5 Å². The molecule has 2 N–H and O–H groups in total. The van der Waals surface area contributed by atoms with E-state index >= 15 is 0 Å². The van der Waals surface area contributed by atoms with Crippen LogP contribution < -0.4 is 5.73 Å². The molecule has 2 unspecified atom stereocenters. The first-order chi connectivity index (χ1) is 7.94. The highest BCUT2D eigenvalue weighted by Crippen LogP contribution is 2.24. The van der Waals surface area contributed by atoms with Gasteiger partial charge in [0, 0.05) is 5.25 Å². The Morgan fingerprint density at radius 1 is 1.59 bits per heavy atom. The first-order valence-electron chi connectivity index (χ1n) is 5.69. The molecule has 17 heavy (non-hydrogen) atoms. The average Bonchev–Trinajstić information content (AvgIpc) is 2.58. The van der Waals surface area contributed by atoms with Gasteiger partial charge in [-0.1, -0.05) is 0 Å². The molecule has 0 bridgehead atoms. The van der Waals surface area contributed by atoms with Crippen molar-refractivity contribution in [2.24, 2.45) is 5.73 Å². The number of ether oxygens (including phenoxy) is 1. The lowest BCUT2D eigenvalue weighted by Gasteiger charge is -2.11. The number of hydrogen-bond acceptors (Lipinski definition) is 6. The molecule has 1 aliphatic heterocycles. The van der Waals surface area contributed by atoms with Gasteiger partial charge in [-0.2, -0.15) is 11.8 Å². The Balaban J connectivity index is 2.18. The molecular weight excluding hydrogens is 262 g/mol. The fraction of sp³-hybridized carbons (Fsp3) is 0.900. The van der Waals surface area contributed by atoms with Crippen LogP contribution in [0.1, 0.15) is 19.8 Å². The van der Waals surface area contributed by atoms with Crippen molar-refractivity contribution >= 4 is 27.6 Å². The van der Waals surface area contributed by atoms with E-state index < -0.39 is 15.9 Å². The Morgan fingerprint density at radius 3 is 2.82 bits per heavy atom. The van der Waals surface area contributed by atoms with E-state index in [1.54, 1.807) is 18.7 Å². The van der Waals surface area contributed by atoms with Gasteiger partial charge in [-0.25, -0.2) is 8.42 Å². The standard InChI is InChI=1S/C10H19NO4S2/c1-2-15-10(12)9(11)3-5-16-8-4-6-17(13,14)7-8/h8-9H,2-7,11H2,1H3. The van der Waals surface area contributed by atoms with E-state index in [9.17, 15) is 13.2 Å². The second-order valence-corrected chi connectivity index (χ2v) is 7.68. The molecule has 5 nitrogen and oxygen atoms in total. The molecule has 0 radical (unpaired) electrons. The van der Waals surface area contributed by atoms with Crippen molar-refractivity contribution in [3.8, 4) is 0 Å². The van der Waals surface area contributed by atoms with Gasteiger partial charge in [0.2, 0.25) is 0 Å². The largest absolute Gasteiger partial charge is 0.465 e. The Labute approximate surface area is 106 Å². The smallest absolute Gasteiger partial charge is 0.322 e. The Kier molecular flexibility index (Phi) is 5.75. The zero-order valence-corrected chi connectivity index (χ0v) is 11.6. The van der Waals surface area contributed by atoms with E-state index in [-0.39, 0.29) is 22.7 Å². The lowest BCUT2D eigenvalue weighted by atomic mass is 10.2. The molecule has 0 aliphatic carbocycles. The zero-order valence-electron chi connectivity index (χ0n) is 9.92. The van der Waals surface area contributed by atoms with Gasteiger partial charge in [0.15, 0.2) is 9.84 Å². The fourth-order valence-corrected chi connectivity index (χ4v) is 5.33. The summed E-state index contributed by atoms with van der Waals surface area (Å²) in [6, 6.07) is -0.597. The maximum absolute atomic E-state index is 11.2. The third kappa shape index (κ3) is 5.27. The number of sulfone groups is 1. The summed E-state index contributed by atoms with van der Waals surface area (Å²) >= 11 is 1.58. The van der Waals surface area contributed by atoms with E-state index in [0.29, 0.717) is 25.2 Å². The predicted octanol–water partition coefficient (Wildman–Crippen LogP) is 0.187. The molecule has 2 atom stereocenters. The molecule has 1 aliphatic rings. The van der Waals surface area contributed by atoms with Crippen molar-refractivity contribution in [1.29, 1.82) is 0 Å². The predicted molar refractivity (Wildman–Crippen MR) is 68.7 cm³/mol. The molecule has 0 aromatic rings. The Morgan fingerprint density at radius 2 is 2.29 bits per heavy atom. The lowest BCUT2D eigenvalue weighted by Crippen LogP contribution is -2.33. The summed E-state index contributed by atoms with van der Waals surface area (Å²) in [6.45, 7) is 2.07. The van der Waals surface area contributed by atoms with Crippen LogP contribution in [-0.2, 0) is 19.4 Å². The van der Waals surface area contributed by atoms with Crippen LogP contribution in [0, 0.1) is 0 Å². The summed E-state index contributed by atoms with van der Waals surface area (Å²) < 4.78 is 27.2. The summed E-state index contributed by atoms with van der Waals surface area (Å²) in [7, 11) is -2.81. The quantitative estimate of drug-likeness (QED) is 0.699. The van der Waals surface area contributed by atoms with Crippen molar-refractivity contribution < 1.29 is 17.9 Å². The van der Waals surface area contributed by atoms with Gasteiger partial charge in [0.25, 0.3) is 0 Å². The molecule has 1 rings (SSSR count). The lowest BCUT2D eigenvalue weighted by molar-refractivity contribution is -0.144. The van der Waals surface area contributed by atoms with E-state index in [2.05, 4.69) is 0 Å². The third-order valence-electron chi connectivity index (χ3n) is 2.56. The molecule has 0 aromatic heterocycles. The second kappa shape index (κ2) is 6.61. The molecule has 1 fully saturated rings. The van der Waals surface area contributed by atoms with Crippen LogP contribution in [-0.4, -0.2) is 49.5 Å². The molecule has 0 saturated carbocycles. The maximum Gasteiger partial charge on any atom is 0.322 e. The first kappa shape index (κ1) is 14.8. The molecule has 0 amide bonds. The van der Waals surface area contributed by atoms with Crippen molar-refractivity contribution in [2.45, 2.75) is 31.1 Å². The molecule has 7 heteroatoms. The summed E-state index contributed by atoms with van der Waals surface area (Å²) in [5.41, 5.74) is 5.64. The van der Waals surface area contributed by atoms with E-state index in [0.717, 1.165) is 0 Å². The first-order valence-corrected chi connectivity index (χ1v) is 8.56. The summed E-state index contributed by atoms with van der Waals surface area (Å²) in [5, 5.41) is 0.161. The van der Waals surface area contributed by atoms with Gasteiger partial charge in [-0.15, -0.1) is 0 Å². The van der Waals surface area contributed by atoms with Gasteiger partial charge in [0.05, 0.1) is 18.1 Å². The van der Waals surface area contributed by atoms with Gasteiger partial charge in [-0.3, -0.25) is 4.79 Å². The van der Waals surface area contributed by atoms with Gasteiger partial charge in [0.1, 0.15) is 6.04 Å². The molecule has 0 aromatic carbocycles. The zero-order chi connectivity index (χ0) is 12.9. The molecule has 1 saturated heterocycles. The monoisotopic (exact) mass is 281 g/mol. The van der Waals surface area contributed by atoms with Crippen molar-refractivity contribution in [1.82, 2.24) is 0 Å². The third-order valence-corrected chi connectivity index (χ3v) is 5.89. The van der Waals surface area contributed by atoms with Crippen LogP contribution in [0.4, 0.5) is 0 Å². The van der Waals surface area contributed by atoms with Crippen LogP contribution in [0.3, 0.4) is 0 Å². The summed E-state index contributed by atoms with van der Waals surface area (Å²) in [5.74, 6) is 0.855. The number of carbonyl (C=O) groups excluding carboxylic acids is 1. The molecule has 100 valence electrons. The Hall–Kier alpha value is -0.270. The molecule has 0 spiro atoms. The normalized spacial score (nSPS) is 24.5. The fourth-order valence-electron chi connectivity index (χ4n) is 1.62. The Bertz CT molecular complexity index is 355. The minimum Gasteiger partial charge on any atom is -0.465 e. The van der Waals surface area contributed by atoms with Crippen molar-refractivity contribution in [2.75, 3.05) is 23.9 Å². The van der Waals surface area contributed by atoms with E-state index in [1.165, 1.54) is 0 Å². The number of esters is 1. The van der Waals surface area contributed by atoms with Crippen molar-refractivity contribution in [3.63, 3.8) is 0 Å². The number of carbonyl (C=O) groups is 1. The summed E-state index contributed by atoms with van der Waals surface area (Å²) in [4.78, 5) is 11.2. The van der Waals surface area contributed by atoms with Gasteiger partial charge in [-0.05, 0) is 25.5 Å². The van der Waals surface area contributed by atoms with Gasteiger partial charge >= 0.3 is 5.97 Å². The number of nitrogens with two attached hydrogens (primary N) is 1. The molecule has 1 heterocycles. The highest BCUT2D eigenvalue weighted by atomic mass is 32.2. The van der Waals surface area contributed by atoms with Crippen LogP contribution in [0.2, 0.25) is 0 Å². The van der Waals surface area contributed by atoms with E-state index in [1.807, 2.05) is 0 Å². The van der Waals surface area contributed by atoms with Crippen molar-refractivity contribution in [3.05, 3.63) is 0 Å². The number of rotatable bonds is 6. The van der Waals surface area contributed by atoms with E-state index in [4.69, 9.17) is 10.5 Å². The van der Waals surface area contributed by atoms with Crippen LogP contribution in [0.5, 0.6) is 0 Å².